The van der Waals surface area contributed by atoms with Gasteiger partial charge in [-0.2, -0.15) is 26.3 Å². The maximum atomic E-state index is 12.6. The summed E-state index contributed by atoms with van der Waals surface area (Å²) in [6.07, 6.45) is -6.37. The lowest BCUT2D eigenvalue weighted by Gasteiger charge is -2.34. The summed E-state index contributed by atoms with van der Waals surface area (Å²) >= 11 is 0. The van der Waals surface area contributed by atoms with Gasteiger partial charge in [0.05, 0.1) is 0 Å². The van der Waals surface area contributed by atoms with Gasteiger partial charge in [0, 0.05) is 5.56 Å². The van der Waals surface area contributed by atoms with E-state index in [9.17, 15) is 26.3 Å². The van der Waals surface area contributed by atoms with E-state index in [1.54, 1.807) is 0 Å². The molecule has 0 spiro atoms. The van der Waals surface area contributed by atoms with Gasteiger partial charge < -0.3 is 5.73 Å². The third-order valence-electron chi connectivity index (χ3n) is 2.40. The third-order valence-corrected chi connectivity index (χ3v) is 2.40. The van der Waals surface area contributed by atoms with Crippen LogP contribution in [0.3, 0.4) is 0 Å². The van der Waals surface area contributed by atoms with Gasteiger partial charge in [-0.1, -0.05) is 18.1 Å². The minimum absolute atomic E-state index is 0.158. The summed E-state index contributed by atoms with van der Waals surface area (Å²) in [5, 5.41) is 0. The van der Waals surface area contributed by atoms with Crippen LogP contribution >= 0.6 is 0 Å². The molecule has 1 aromatic rings. The Morgan fingerprint density at radius 1 is 0.889 bits per heavy atom. The van der Waals surface area contributed by atoms with Crippen molar-refractivity contribution in [3.8, 4) is 12.3 Å². The highest BCUT2D eigenvalue weighted by molar-refractivity contribution is 5.38. The molecular formula is C11H7F6N. The molecule has 0 amide bonds. The Morgan fingerprint density at radius 2 is 1.28 bits per heavy atom. The Bertz CT molecular complexity index is 448. The van der Waals surface area contributed by atoms with Crippen molar-refractivity contribution in [2.45, 2.75) is 17.9 Å². The van der Waals surface area contributed by atoms with E-state index in [4.69, 9.17) is 6.42 Å². The molecule has 0 atom stereocenters. The van der Waals surface area contributed by atoms with E-state index in [1.165, 1.54) is 0 Å². The van der Waals surface area contributed by atoms with Crippen molar-refractivity contribution in [2.75, 3.05) is 0 Å². The number of halogens is 6. The number of hydrogen-bond donors (Lipinski definition) is 1. The fourth-order valence-electron chi connectivity index (χ4n) is 1.32. The van der Waals surface area contributed by atoms with Crippen LogP contribution in [0.2, 0.25) is 0 Å². The van der Waals surface area contributed by atoms with Crippen LogP contribution in [0.15, 0.2) is 24.3 Å². The van der Waals surface area contributed by atoms with Crippen molar-refractivity contribution in [1.29, 1.82) is 0 Å². The van der Waals surface area contributed by atoms with Crippen LogP contribution in [0.5, 0.6) is 0 Å². The van der Waals surface area contributed by atoms with Gasteiger partial charge >= 0.3 is 12.4 Å². The number of alkyl halides is 6. The molecule has 0 aliphatic carbocycles. The fourth-order valence-corrected chi connectivity index (χ4v) is 1.32. The molecule has 0 aliphatic rings. The van der Waals surface area contributed by atoms with Gasteiger partial charge in [0.1, 0.15) is 0 Å². The number of hydrogen-bond acceptors (Lipinski definition) is 1. The predicted molar refractivity (Wildman–Crippen MR) is 52.4 cm³/mol. The van der Waals surface area contributed by atoms with Gasteiger partial charge in [0.15, 0.2) is 0 Å². The Balaban J connectivity index is 3.42. The molecule has 0 fully saturated rings. The van der Waals surface area contributed by atoms with E-state index >= 15 is 0 Å². The van der Waals surface area contributed by atoms with Crippen molar-refractivity contribution in [1.82, 2.24) is 0 Å². The number of rotatable bonds is 1. The van der Waals surface area contributed by atoms with Crippen LogP contribution in [0.4, 0.5) is 26.3 Å². The Labute approximate surface area is 98.6 Å². The molecule has 0 bridgehead atoms. The summed E-state index contributed by atoms with van der Waals surface area (Å²) < 4.78 is 75.5. The quantitative estimate of drug-likeness (QED) is 0.614. The van der Waals surface area contributed by atoms with E-state index in [1.807, 2.05) is 0 Å². The summed E-state index contributed by atoms with van der Waals surface area (Å²) in [6, 6.07) is 3.18. The summed E-state index contributed by atoms with van der Waals surface area (Å²) in [7, 11) is 0. The fraction of sp³-hybridized carbons (Fsp3) is 0.273. The number of terminal acetylenes is 1. The second-order valence-electron chi connectivity index (χ2n) is 3.53. The molecule has 0 aliphatic heterocycles. The van der Waals surface area contributed by atoms with E-state index < -0.39 is 23.5 Å². The van der Waals surface area contributed by atoms with Gasteiger partial charge in [-0.3, -0.25) is 0 Å². The molecule has 7 heteroatoms. The zero-order valence-corrected chi connectivity index (χ0v) is 8.73. The van der Waals surface area contributed by atoms with E-state index in [0.717, 1.165) is 12.1 Å². The second kappa shape index (κ2) is 4.21. The summed E-state index contributed by atoms with van der Waals surface area (Å²) in [4.78, 5) is 0. The first-order valence-electron chi connectivity index (χ1n) is 4.53. The molecular weight excluding hydrogens is 260 g/mol. The SMILES string of the molecule is C#Cc1ccc(C(N)(C(F)(F)F)C(F)(F)F)cc1. The van der Waals surface area contributed by atoms with Gasteiger partial charge in [-0.25, -0.2) is 0 Å². The standard InChI is InChI=1S/C11H7F6N/c1-2-7-3-5-8(6-4-7)9(18,10(12,13)14)11(15,16)17/h1,3-6H,18H2. The molecule has 1 rings (SSSR count). The Morgan fingerprint density at radius 3 is 1.56 bits per heavy atom. The second-order valence-corrected chi connectivity index (χ2v) is 3.53. The van der Waals surface area contributed by atoms with Crippen LogP contribution in [0, 0.1) is 12.3 Å². The number of nitrogens with two attached hydrogens (primary N) is 1. The van der Waals surface area contributed by atoms with Crippen LogP contribution in [-0.4, -0.2) is 12.4 Å². The molecule has 18 heavy (non-hydrogen) atoms. The lowest BCUT2D eigenvalue weighted by Crippen LogP contribution is -2.60. The van der Waals surface area contributed by atoms with E-state index in [0.29, 0.717) is 12.1 Å². The molecule has 98 valence electrons. The van der Waals surface area contributed by atoms with Gasteiger partial charge in [-0.05, 0) is 17.7 Å². The normalized spacial score (nSPS) is 13.2. The molecule has 0 aromatic heterocycles. The largest absolute Gasteiger partial charge is 0.419 e. The molecule has 0 heterocycles. The molecule has 0 saturated carbocycles. The first-order chi connectivity index (χ1) is 8.04. The molecule has 0 unspecified atom stereocenters. The van der Waals surface area contributed by atoms with Gasteiger partial charge in [-0.15, -0.1) is 6.42 Å². The van der Waals surface area contributed by atoms with E-state index in [2.05, 4.69) is 11.7 Å². The Kier molecular flexibility index (Phi) is 3.36. The molecule has 0 radical (unpaired) electrons. The Hall–Kier alpha value is -1.68. The predicted octanol–water partition coefficient (Wildman–Crippen LogP) is 2.95. The molecule has 1 nitrogen and oxygen atoms in total. The first kappa shape index (κ1) is 14.4. The zero-order chi connectivity index (χ0) is 14.2. The highest BCUT2D eigenvalue weighted by Crippen LogP contribution is 2.47. The van der Waals surface area contributed by atoms with Gasteiger partial charge in [0.2, 0.25) is 5.54 Å². The first-order valence-corrected chi connectivity index (χ1v) is 4.53. The maximum Gasteiger partial charge on any atom is 0.419 e. The smallest absolute Gasteiger partial charge is 0.306 e. The van der Waals surface area contributed by atoms with Crippen LogP contribution in [0.1, 0.15) is 11.1 Å². The average Bonchev–Trinajstić information content (AvgIpc) is 2.25. The van der Waals surface area contributed by atoms with Crippen molar-refractivity contribution in [3.05, 3.63) is 35.4 Å². The lowest BCUT2D eigenvalue weighted by molar-refractivity contribution is -0.301. The summed E-state index contributed by atoms with van der Waals surface area (Å²) in [5.41, 5.74) is -0.798. The minimum atomic E-state index is -5.66. The zero-order valence-electron chi connectivity index (χ0n) is 8.73. The topological polar surface area (TPSA) is 26.0 Å². The lowest BCUT2D eigenvalue weighted by atomic mass is 9.89. The third kappa shape index (κ3) is 2.16. The van der Waals surface area contributed by atoms with Crippen molar-refractivity contribution < 1.29 is 26.3 Å². The average molecular weight is 267 g/mol. The molecule has 2 N–H and O–H groups in total. The van der Waals surface area contributed by atoms with Gasteiger partial charge in [0.25, 0.3) is 0 Å². The van der Waals surface area contributed by atoms with Crippen LogP contribution < -0.4 is 5.73 Å². The van der Waals surface area contributed by atoms with Crippen molar-refractivity contribution in [3.63, 3.8) is 0 Å². The molecule has 1 aromatic carbocycles. The molecule has 0 saturated heterocycles. The summed E-state index contributed by atoms with van der Waals surface area (Å²) in [6.45, 7) is 0. The maximum absolute atomic E-state index is 12.6. The highest BCUT2D eigenvalue weighted by Gasteiger charge is 2.69. The number of benzene rings is 1. The highest BCUT2D eigenvalue weighted by atomic mass is 19.4. The van der Waals surface area contributed by atoms with Crippen LogP contribution in [-0.2, 0) is 5.54 Å². The van der Waals surface area contributed by atoms with E-state index in [-0.39, 0.29) is 5.56 Å². The van der Waals surface area contributed by atoms with Crippen LogP contribution in [0.25, 0.3) is 0 Å². The monoisotopic (exact) mass is 267 g/mol. The minimum Gasteiger partial charge on any atom is -0.306 e. The van der Waals surface area contributed by atoms with Crippen molar-refractivity contribution in [2.24, 2.45) is 5.73 Å². The van der Waals surface area contributed by atoms with Crippen molar-refractivity contribution >= 4 is 0 Å². The summed E-state index contributed by atoms with van der Waals surface area (Å²) in [5.74, 6) is 2.08.